The lowest BCUT2D eigenvalue weighted by atomic mass is 10.1. The van der Waals surface area contributed by atoms with Gasteiger partial charge in [-0.1, -0.05) is 0 Å². The molecule has 1 heterocycles. The summed E-state index contributed by atoms with van der Waals surface area (Å²) in [5, 5.41) is 11.6. The molecule has 0 radical (unpaired) electrons. The third-order valence-corrected chi connectivity index (χ3v) is 4.26. The van der Waals surface area contributed by atoms with Crippen LogP contribution in [0.4, 0.5) is 18.9 Å². The van der Waals surface area contributed by atoms with Crippen molar-refractivity contribution in [3.8, 4) is 6.07 Å². The highest BCUT2D eigenvalue weighted by Gasteiger charge is 2.39. The second-order valence-electron chi connectivity index (χ2n) is 6.10. The zero-order chi connectivity index (χ0) is 16.6. The number of carbonyl (C=O) groups excluding carboxylic acids is 1. The van der Waals surface area contributed by atoms with E-state index >= 15 is 0 Å². The molecular formula is C16H16F3N3O. The van der Waals surface area contributed by atoms with Crippen molar-refractivity contribution in [3.05, 3.63) is 29.3 Å². The maximum Gasteiger partial charge on any atom is 0.418 e. The minimum Gasteiger partial charge on any atom is -0.384 e. The smallest absolute Gasteiger partial charge is 0.384 e. The largest absolute Gasteiger partial charge is 0.418 e. The Labute approximate surface area is 131 Å². The number of carbonyl (C=O) groups is 1. The molecule has 4 nitrogen and oxygen atoms in total. The SMILES string of the molecule is N#Cc1ccc(C(F)(F)F)c(NC[C@H]2CC(=O)N(C3CC3)C2)c1. The maximum absolute atomic E-state index is 13.0. The number of likely N-dealkylation sites (tertiary alicyclic amines) is 1. The van der Waals surface area contributed by atoms with Crippen LogP contribution in [0, 0.1) is 17.2 Å². The Bertz CT molecular complexity index is 662. The van der Waals surface area contributed by atoms with Gasteiger partial charge in [0.2, 0.25) is 5.91 Å². The van der Waals surface area contributed by atoms with Crippen molar-refractivity contribution in [1.82, 2.24) is 4.90 Å². The van der Waals surface area contributed by atoms with Gasteiger partial charge in [0, 0.05) is 37.2 Å². The maximum atomic E-state index is 13.0. The van der Waals surface area contributed by atoms with Crippen LogP contribution in [0.25, 0.3) is 0 Å². The first kappa shape index (κ1) is 15.7. The quantitative estimate of drug-likeness (QED) is 0.927. The number of benzene rings is 1. The minimum absolute atomic E-state index is 0.00470. The van der Waals surface area contributed by atoms with Gasteiger partial charge in [-0.25, -0.2) is 0 Å². The van der Waals surface area contributed by atoms with Crippen LogP contribution in [-0.2, 0) is 11.0 Å². The summed E-state index contributed by atoms with van der Waals surface area (Å²) in [4.78, 5) is 13.7. The average molecular weight is 323 g/mol. The van der Waals surface area contributed by atoms with Crippen LogP contribution in [0.2, 0.25) is 0 Å². The Morgan fingerprint density at radius 2 is 2.09 bits per heavy atom. The van der Waals surface area contributed by atoms with E-state index in [1.54, 1.807) is 0 Å². The van der Waals surface area contributed by atoms with E-state index in [0.29, 0.717) is 19.0 Å². The summed E-state index contributed by atoms with van der Waals surface area (Å²) in [7, 11) is 0. The highest BCUT2D eigenvalue weighted by atomic mass is 19.4. The molecule has 1 N–H and O–H groups in total. The molecule has 1 aromatic carbocycles. The van der Waals surface area contributed by atoms with Gasteiger partial charge >= 0.3 is 6.18 Å². The third-order valence-electron chi connectivity index (χ3n) is 4.26. The van der Waals surface area contributed by atoms with Crippen molar-refractivity contribution in [2.45, 2.75) is 31.5 Å². The van der Waals surface area contributed by atoms with Gasteiger partial charge in [0.15, 0.2) is 0 Å². The summed E-state index contributed by atoms with van der Waals surface area (Å²) in [6.07, 6.45) is -2.08. The van der Waals surface area contributed by atoms with Crippen LogP contribution < -0.4 is 5.32 Å². The molecule has 7 heteroatoms. The van der Waals surface area contributed by atoms with Crippen molar-refractivity contribution in [2.24, 2.45) is 5.92 Å². The molecular weight excluding hydrogens is 307 g/mol. The lowest BCUT2D eigenvalue weighted by Crippen LogP contribution is -2.28. The summed E-state index contributed by atoms with van der Waals surface area (Å²) in [5.74, 6) is 0.0797. The number of rotatable bonds is 4. The van der Waals surface area contributed by atoms with Crippen molar-refractivity contribution < 1.29 is 18.0 Å². The molecule has 1 aliphatic carbocycles. The number of hydrogen-bond donors (Lipinski definition) is 1. The molecule has 1 saturated heterocycles. The molecule has 0 bridgehead atoms. The molecule has 1 saturated carbocycles. The van der Waals surface area contributed by atoms with Crippen molar-refractivity contribution in [2.75, 3.05) is 18.4 Å². The van der Waals surface area contributed by atoms with E-state index in [9.17, 15) is 18.0 Å². The summed E-state index contributed by atoms with van der Waals surface area (Å²) in [6, 6.07) is 5.45. The Balaban J connectivity index is 1.70. The van der Waals surface area contributed by atoms with Gasteiger partial charge in [0.05, 0.1) is 17.2 Å². The number of nitriles is 1. The van der Waals surface area contributed by atoms with Gasteiger partial charge in [0.1, 0.15) is 0 Å². The van der Waals surface area contributed by atoms with E-state index in [0.717, 1.165) is 25.0 Å². The molecule has 1 atom stereocenters. The number of alkyl halides is 3. The van der Waals surface area contributed by atoms with Crippen molar-refractivity contribution in [3.63, 3.8) is 0 Å². The third kappa shape index (κ3) is 3.41. The van der Waals surface area contributed by atoms with E-state index in [-0.39, 0.29) is 29.6 Å². The summed E-state index contributed by atoms with van der Waals surface area (Å²) < 4.78 is 39.1. The second-order valence-corrected chi connectivity index (χ2v) is 6.10. The van der Waals surface area contributed by atoms with Crippen LogP contribution in [0.15, 0.2) is 18.2 Å². The fraction of sp³-hybridized carbons (Fsp3) is 0.500. The summed E-state index contributed by atoms with van der Waals surface area (Å²) >= 11 is 0. The van der Waals surface area contributed by atoms with Crippen LogP contribution in [0.5, 0.6) is 0 Å². The molecule has 2 aliphatic rings. The molecule has 3 rings (SSSR count). The fourth-order valence-corrected chi connectivity index (χ4v) is 2.95. The van der Waals surface area contributed by atoms with Crippen LogP contribution in [-0.4, -0.2) is 29.9 Å². The topological polar surface area (TPSA) is 56.1 Å². The number of nitrogens with one attached hydrogen (secondary N) is 1. The Morgan fingerprint density at radius 3 is 2.70 bits per heavy atom. The zero-order valence-corrected chi connectivity index (χ0v) is 12.4. The average Bonchev–Trinajstić information content (AvgIpc) is 3.27. The molecule has 1 amide bonds. The first-order valence-corrected chi connectivity index (χ1v) is 7.53. The monoisotopic (exact) mass is 323 g/mol. The standard InChI is InChI=1S/C16H16F3N3O/c17-16(18,19)13-4-1-10(7-20)5-14(13)21-8-11-6-15(23)22(9-11)12-2-3-12/h1,4-5,11-12,21H,2-3,6,8-9H2/t11-/m1/s1. The molecule has 23 heavy (non-hydrogen) atoms. The molecule has 0 spiro atoms. The van der Waals surface area contributed by atoms with Gasteiger partial charge in [-0.2, -0.15) is 18.4 Å². The Kier molecular flexibility index (Phi) is 3.92. The molecule has 1 aliphatic heterocycles. The highest BCUT2D eigenvalue weighted by Crippen LogP contribution is 2.36. The normalized spacial score (nSPS) is 21.4. The van der Waals surface area contributed by atoms with Gasteiger partial charge in [0.25, 0.3) is 0 Å². The summed E-state index contributed by atoms with van der Waals surface area (Å²) in [6.45, 7) is 0.878. The van der Waals surface area contributed by atoms with Crippen LogP contribution in [0.1, 0.15) is 30.4 Å². The van der Waals surface area contributed by atoms with Gasteiger partial charge in [-0.05, 0) is 31.0 Å². The highest BCUT2D eigenvalue weighted by molar-refractivity contribution is 5.79. The van der Waals surface area contributed by atoms with E-state index < -0.39 is 11.7 Å². The first-order chi connectivity index (χ1) is 10.9. The number of nitrogens with zero attached hydrogens (tertiary/aromatic N) is 2. The lowest BCUT2D eigenvalue weighted by Gasteiger charge is -2.18. The van der Waals surface area contributed by atoms with Gasteiger partial charge in [-0.3, -0.25) is 4.79 Å². The van der Waals surface area contributed by atoms with Crippen molar-refractivity contribution >= 4 is 11.6 Å². The number of hydrogen-bond acceptors (Lipinski definition) is 3. The predicted octanol–water partition coefficient (Wildman–Crippen LogP) is 3.00. The molecule has 2 fully saturated rings. The first-order valence-electron chi connectivity index (χ1n) is 7.53. The second kappa shape index (κ2) is 5.76. The van der Waals surface area contributed by atoms with E-state index in [4.69, 9.17) is 5.26 Å². The molecule has 0 aromatic heterocycles. The predicted molar refractivity (Wildman–Crippen MR) is 77.5 cm³/mol. The fourth-order valence-electron chi connectivity index (χ4n) is 2.95. The van der Waals surface area contributed by atoms with Gasteiger partial charge in [-0.15, -0.1) is 0 Å². The number of anilines is 1. The van der Waals surface area contributed by atoms with Crippen LogP contribution >= 0.6 is 0 Å². The van der Waals surface area contributed by atoms with E-state index in [1.807, 2.05) is 11.0 Å². The Hall–Kier alpha value is -2.23. The zero-order valence-electron chi connectivity index (χ0n) is 12.4. The molecule has 1 aromatic rings. The van der Waals surface area contributed by atoms with Crippen LogP contribution in [0.3, 0.4) is 0 Å². The summed E-state index contributed by atoms with van der Waals surface area (Å²) in [5.41, 5.74) is -0.726. The van der Waals surface area contributed by atoms with E-state index in [2.05, 4.69) is 5.32 Å². The molecule has 122 valence electrons. The minimum atomic E-state index is -4.48. The van der Waals surface area contributed by atoms with Crippen molar-refractivity contribution in [1.29, 1.82) is 5.26 Å². The number of halogens is 3. The van der Waals surface area contributed by atoms with Gasteiger partial charge < -0.3 is 10.2 Å². The lowest BCUT2D eigenvalue weighted by molar-refractivity contribution is -0.137. The number of amides is 1. The Morgan fingerprint density at radius 1 is 1.35 bits per heavy atom. The van der Waals surface area contributed by atoms with E-state index in [1.165, 1.54) is 6.07 Å². The molecule has 0 unspecified atom stereocenters.